The van der Waals surface area contributed by atoms with Crippen molar-refractivity contribution in [1.29, 1.82) is 0 Å². The number of thiol groups is 1. The lowest BCUT2D eigenvalue weighted by molar-refractivity contribution is 0.881. The lowest BCUT2D eigenvalue weighted by atomic mass is 10.1. The first-order valence-electron chi connectivity index (χ1n) is 4.97. The van der Waals surface area contributed by atoms with Crippen molar-refractivity contribution in [1.82, 2.24) is 9.97 Å². The summed E-state index contributed by atoms with van der Waals surface area (Å²) in [5.41, 5.74) is 3.18. The lowest BCUT2D eigenvalue weighted by Crippen LogP contribution is -1.89. The predicted octanol–water partition coefficient (Wildman–Crippen LogP) is 3.72. The third kappa shape index (κ3) is 1.76. The summed E-state index contributed by atoms with van der Waals surface area (Å²) in [6.45, 7) is 8.46. The molecule has 4 heteroatoms. The number of aryl methyl sites for hydroxylation is 2. The minimum absolute atomic E-state index is 0.537. The molecule has 0 bridgehead atoms. The summed E-state index contributed by atoms with van der Waals surface area (Å²) in [7, 11) is 0. The topological polar surface area (TPSA) is 25.8 Å². The Labute approximate surface area is 99.2 Å². The first-order chi connectivity index (χ1) is 7.00. The molecule has 0 aliphatic rings. The Kier molecular flexibility index (Phi) is 2.73. The van der Waals surface area contributed by atoms with Crippen LogP contribution in [0.5, 0.6) is 0 Å². The summed E-state index contributed by atoms with van der Waals surface area (Å²) in [5, 5.41) is 0.735. The van der Waals surface area contributed by atoms with Gasteiger partial charge in [-0.2, -0.15) is 0 Å². The fourth-order valence-electron chi connectivity index (χ4n) is 1.65. The smallest absolute Gasteiger partial charge is 0.142 e. The van der Waals surface area contributed by atoms with Crippen molar-refractivity contribution >= 4 is 34.3 Å². The number of hydrogen-bond donors (Lipinski definition) is 1. The van der Waals surface area contributed by atoms with E-state index in [1.165, 1.54) is 10.4 Å². The summed E-state index contributed by atoms with van der Waals surface area (Å²) >= 11 is 6.06. The maximum atomic E-state index is 4.52. The van der Waals surface area contributed by atoms with Crippen molar-refractivity contribution in [2.24, 2.45) is 0 Å². The van der Waals surface area contributed by atoms with Gasteiger partial charge in [0.15, 0.2) is 0 Å². The van der Waals surface area contributed by atoms with E-state index in [4.69, 9.17) is 0 Å². The summed E-state index contributed by atoms with van der Waals surface area (Å²) in [5.74, 6) is 0.537. The quantitative estimate of drug-likeness (QED) is 0.766. The second-order valence-corrected chi connectivity index (χ2v) is 5.49. The monoisotopic (exact) mass is 238 g/mol. The maximum absolute atomic E-state index is 4.52. The number of thiophene rings is 1. The Morgan fingerprint density at radius 3 is 2.47 bits per heavy atom. The van der Waals surface area contributed by atoms with Crippen molar-refractivity contribution in [2.75, 3.05) is 0 Å². The van der Waals surface area contributed by atoms with E-state index in [1.54, 1.807) is 11.3 Å². The van der Waals surface area contributed by atoms with Crippen molar-refractivity contribution in [3.63, 3.8) is 0 Å². The molecular weight excluding hydrogens is 224 g/mol. The highest BCUT2D eigenvalue weighted by Gasteiger charge is 2.14. The molecule has 0 saturated carbocycles. The van der Waals surface area contributed by atoms with E-state index in [0.29, 0.717) is 5.92 Å². The van der Waals surface area contributed by atoms with Crippen LogP contribution in [0.3, 0.4) is 0 Å². The first-order valence-corrected chi connectivity index (χ1v) is 6.23. The van der Waals surface area contributed by atoms with Gasteiger partial charge in [0, 0.05) is 4.88 Å². The minimum Gasteiger partial charge on any atom is -0.238 e. The molecule has 15 heavy (non-hydrogen) atoms. The van der Waals surface area contributed by atoms with E-state index < -0.39 is 0 Å². The van der Waals surface area contributed by atoms with Crippen LogP contribution in [0.1, 0.15) is 35.9 Å². The molecule has 2 nitrogen and oxygen atoms in total. The lowest BCUT2D eigenvalue weighted by Gasteiger charge is -2.01. The highest BCUT2D eigenvalue weighted by atomic mass is 32.1. The molecule has 2 heterocycles. The van der Waals surface area contributed by atoms with E-state index >= 15 is 0 Å². The molecule has 2 aromatic heterocycles. The number of nitrogens with zero attached hydrogens (tertiary/aromatic N) is 2. The Balaban J connectivity index is 2.77. The van der Waals surface area contributed by atoms with Crippen molar-refractivity contribution in [3.05, 3.63) is 16.1 Å². The second-order valence-electron chi connectivity index (χ2n) is 4.03. The Morgan fingerprint density at radius 2 is 1.87 bits per heavy atom. The highest BCUT2D eigenvalue weighted by molar-refractivity contribution is 7.80. The third-order valence-electron chi connectivity index (χ3n) is 2.47. The molecule has 80 valence electrons. The minimum atomic E-state index is 0.537. The van der Waals surface area contributed by atoms with Crippen LogP contribution in [0, 0.1) is 13.8 Å². The largest absolute Gasteiger partial charge is 0.238 e. The van der Waals surface area contributed by atoms with Crippen LogP contribution in [-0.4, -0.2) is 9.97 Å². The number of fused-ring (bicyclic) bond motifs is 1. The SMILES string of the molecule is Cc1nc2sc(C(C)C)c(C)c2nc1S. The molecule has 0 spiro atoms. The van der Waals surface area contributed by atoms with Gasteiger partial charge in [-0.05, 0) is 25.3 Å². The molecule has 0 aliphatic heterocycles. The highest BCUT2D eigenvalue weighted by Crippen LogP contribution is 2.34. The zero-order chi connectivity index (χ0) is 11.2. The van der Waals surface area contributed by atoms with Crippen LogP contribution in [0.2, 0.25) is 0 Å². The summed E-state index contributed by atoms with van der Waals surface area (Å²) in [6, 6.07) is 0. The summed E-state index contributed by atoms with van der Waals surface area (Å²) < 4.78 is 0. The molecule has 2 rings (SSSR count). The number of rotatable bonds is 1. The van der Waals surface area contributed by atoms with Crippen LogP contribution < -0.4 is 0 Å². The predicted molar refractivity (Wildman–Crippen MR) is 68.2 cm³/mol. The van der Waals surface area contributed by atoms with Gasteiger partial charge >= 0.3 is 0 Å². The molecule has 0 N–H and O–H groups in total. The average Bonchev–Trinajstić information content (AvgIpc) is 2.46. The molecule has 0 aromatic carbocycles. The van der Waals surface area contributed by atoms with E-state index in [1.807, 2.05) is 6.92 Å². The van der Waals surface area contributed by atoms with E-state index in [9.17, 15) is 0 Å². The van der Waals surface area contributed by atoms with Gasteiger partial charge in [-0.1, -0.05) is 13.8 Å². The summed E-state index contributed by atoms with van der Waals surface area (Å²) in [6.07, 6.45) is 0. The molecule has 0 aliphatic carbocycles. The van der Waals surface area contributed by atoms with Crippen LogP contribution >= 0.6 is 24.0 Å². The van der Waals surface area contributed by atoms with Gasteiger partial charge in [-0.3, -0.25) is 0 Å². The van der Waals surface area contributed by atoms with Gasteiger partial charge in [-0.25, -0.2) is 9.97 Å². The normalized spacial score (nSPS) is 11.6. The van der Waals surface area contributed by atoms with Crippen molar-refractivity contribution < 1.29 is 0 Å². The molecule has 0 unspecified atom stereocenters. The first kappa shape index (κ1) is 10.9. The van der Waals surface area contributed by atoms with Gasteiger partial charge in [0.1, 0.15) is 15.4 Å². The molecule has 0 saturated heterocycles. The molecule has 0 fully saturated rings. The van der Waals surface area contributed by atoms with Crippen LogP contribution in [0.4, 0.5) is 0 Å². The zero-order valence-corrected chi connectivity index (χ0v) is 11.0. The molecule has 0 radical (unpaired) electrons. The van der Waals surface area contributed by atoms with Gasteiger partial charge in [0.2, 0.25) is 0 Å². The fourth-order valence-corrected chi connectivity index (χ4v) is 2.98. The van der Waals surface area contributed by atoms with Crippen LogP contribution in [0.25, 0.3) is 10.3 Å². The Morgan fingerprint density at radius 1 is 1.20 bits per heavy atom. The van der Waals surface area contributed by atoms with E-state index in [0.717, 1.165) is 21.1 Å². The zero-order valence-electron chi connectivity index (χ0n) is 9.33. The van der Waals surface area contributed by atoms with Gasteiger partial charge in [0.25, 0.3) is 0 Å². The van der Waals surface area contributed by atoms with Crippen molar-refractivity contribution in [2.45, 2.75) is 38.6 Å². The van der Waals surface area contributed by atoms with E-state index in [2.05, 4.69) is 43.4 Å². The van der Waals surface area contributed by atoms with Crippen molar-refractivity contribution in [3.8, 4) is 0 Å². The van der Waals surface area contributed by atoms with Gasteiger partial charge < -0.3 is 0 Å². The Bertz CT molecular complexity index is 515. The van der Waals surface area contributed by atoms with Crippen LogP contribution in [-0.2, 0) is 0 Å². The summed E-state index contributed by atoms with van der Waals surface area (Å²) in [4.78, 5) is 11.4. The second kappa shape index (κ2) is 3.76. The Hall–Kier alpha value is -0.610. The van der Waals surface area contributed by atoms with Gasteiger partial charge in [-0.15, -0.1) is 24.0 Å². The molecular formula is C11H14N2S2. The molecule has 0 atom stereocenters. The number of aromatic nitrogens is 2. The van der Waals surface area contributed by atoms with E-state index in [-0.39, 0.29) is 0 Å². The molecule has 2 aromatic rings. The van der Waals surface area contributed by atoms with Gasteiger partial charge in [0.05, 0.1) is 5.69 Å². The molecule has 0 amide bonds. The third-order valence-corrected chi connectivity index (χ3v) is 4.37. The average molecular weight is 238 g/mol. The standard InChI is InChI=1S/C11H14N2S2/c1-5(2)9-6(3)8-11(15-9)12-7(4)10(14)13-8/h5H,1-4H3,(H,13,14). The fraction of sp³-hybridized carbons (Fsp3) is 0.455. The van der Waals surface area contributed by atoms with Crippen LogP contribution in [0.15, 0.2) is 5.03 Å². The number of hydrogen-bond acceptors (Lipinski definition) is 4. The maximum Gasteiger partial charge on any atom is 0.142 e.